The summed E-state index contributed by atoms with van der Waals surface area (Å²) >= 11 is 0. The maximum Gasteiger partial charge on any atom is 0.267 e. The Morgan fingerprint density at radius 1 is 1.39 bits per heavy atom. The predicted octanol–water partition coefficient (Wildman–Crippen LogP) is 0.0372. The first-order valence-electron chi connectivity index (χ1n) is 7.92. The number of amides is 1. The second kappa shape index (κ2) is 7.39. The van der Waals surface area contributed by atoms with Gasteiger partial charge in [-0.1, -0.05) is 24.3 Å². The highest BCUT2D eigenvalue weighted by Gasteiger charge is 2.19. The molecule has 0 aliphatic carbocycles. The quantitative estimate of drug-likeness (QED) is 0.717. The smallest absolute Gasteiger partial charge is 0.267 e. The third-order valence-electron chi connectivity index (χ3n) is 4.13. The van der Waals surface area contributed by atoms with E-state index < -0.39 is 6.10 Å². The van der Waals surface area contributed by atoms with Crippen LogP contribution in [-0.4, -0.2) is 54.5 Å². The fourth-order valence-electron chi connectivity index (χ4n) is 2.90. The Hall–Kier alpha value is -2.18. The van der Waals surface area contributed by atoms with E-state index in [9.17, 15) is 9.90 Å². The van der Waals surface area contributed by atoms with Crippen molar-refractivity contribution >= 4 is 12.1 Å². The van der Waals surface area contributed by atoms with E-state index >= 15 is 0 Å². The molecule has 0 saturated heterocycles. The van der Waals surface area contributed by atoms with E-state index in [1.807, 2.05) is 6.07 Å². The Labute approximate surface area is 135 Å². The molecule has 0 saturated carbocycles. The van der Waals surface area contributed by atoms with Crippen molar-refractivity contribution in [3.63, 3.8) is 0 Å². The average Bonchev–Trinajstić information content (AvgIpc) is 2.60. The average molecular weight is 314 g/mol. The zero-order chi connectivity index (χ0) is 16.1. The van der Waals surface area contributed by atoms with E-state index in [0.717, 1.165) is 19.5 Å². The van der Waals surface area contributed by atoms with Crippen LogP contribution in [0.1, 0.15) is 11.1 Å². The van der Waals surface area contributed by atoms with Crippen molar-refractivity contribution in [2.45, 2.75) is 19.1 Å². The molecule has 2 aliphatic heterocycles. The van der Waals surface area contributed by atoms with Gasteiger partial charge in [0.05, 0.1) is 6.10 Å². The SMILES string of the molecule is O=C(NCC(O)CN1CCc2ccccc2C1)C1=CC=NCN1. The van der Waals surface area contributed by atoms with Crippen LogP contribution in [0.5, 0.6) is 0 Å². The lowest BCUT2D eigenvalue weighted by Gasteiger charge is -2.30. The molecule has 1 unspecified atom stereocenters. The second-order valence-corrected chi connectivity index (χ2v) is 5.86. The molecule has 2 aliphatic rings. The minimum absolute atomic E-state index is 0.209. The van der Waals surface area contributed by atoms with Crippen molar-refractivity contribution in [1.29, 1.82) is 0 Å². The molecule has 3 rings (SSSR count). The van der Waals surface area contributed by atoms with Crippen LogP contribution in [0.4, 0.5) is 0 Å². The monoisotopic (exact) mass is 314 g/mol. The summed E-state index contributed by atoms with van der Waals surface area (Å²) in [6.07, 6.45) is 3.66. The third kappa shape index (κ3) is 4.18. The highest BCUT2D eigenvalue weighted by Crippen LogP contribution is 2.18. The summed E-state index contributed by atoms with van der Waals surface area (Å²) in [5.41, 5.74) is 3.20. The number of hydrogen-bond acceptors (Lipinski definition) is 5. The van der Waals surface area contributed by atoms with Crippen molar-refractivity contribution < 1.29 is 9.90 Å². The van der Waals surface area contributed by atoms with Crippen molar-refractivity contribution in [2.75, 3.05) is 26.3 Å². The summed E-state index contributed by atoms with van der Waals surface area (Å²) in [5.74, 6) is -0.209. The first kappa shape index (κ1) is 15.7. The highest BCUT2D eigenvalue weighted by atomic mass is 16.3. The molecule has 0 fully saturated rings. The van der Waals surface area contributed by atoms with Crippen LogP contribution in [0.3, 0.4) is 0 Å². The van der Waals surface area contributed by atoms with Crippen molar-refractivity contribution in [1.82, 2.24) is 15.5 Å². The van der Waals surface area contributed by atoms with Gasteiger partial charge in [-0.15, -0.1) is 0 Å². The summed E-state index contributed by atoms with van der Waals surface area (Å²) in [5, 5.41) is 15.8. The maximum absolute atomic E-state index is 11.9. The van der Waals surface area contributed by atoms with Gasteiger partial charge in [-0.05, 0) is 23.6 Å². The zero-order valence-corrected chi connectivity index (χ0v) is 13.0. The van der Waals surface area contributed by atoms with Gasteiger partial charge in [-0.2, -0.15) is 0 Å². The molecule has 122 valence electrons. The summed E-state index contributed by atoms with van der Waals surface area (Å²) in [4.78, 5) is 18.1. The molecule has 6 nitrogen and oxygen atoms in total. The Balaban J connectivity index is 1.45. The van der Waals surface area contributed by atoms with Crippen LogP contribution in [0.2, 0.25) is 0 Å². The predicted molar refractivity (Wildman–Crippen MR) is 89.0 cm³/mol. The maximum atomic E-state index is 11.9. The van der Waals surface area contributed by atoms with Gasteiger partial charge >= 0.3 is 0 Å². The van der Waals surface area contributed by atoms with Crippen LogP contribution < -0.4 is 10.6 Å². The van der Waals surface area contributed by atoms with Gasteiger partial charge in [0.1, 0.15) is 12.4 Å². The zero-order valence-electron chi connectivity index (χ0n) is 13.0. The molecule has 1 atom stereocenters. The molecule has 1 aromatic rings. The number of rotatable bonds is 5. The van der Waals surface area contributed by atoms with E-state index in [1.165, 1.54) is 11.1 Å². The number of hydrogen-bond donors (Lipinski definition) is 3. The fraction of sp³-hybridized carbons (Fsp3) is 0.412. The molecule has 0 aromatic heterocycles. The molecule has 1 amide bonds. The number of aliphatic hydroxyl groups is 1. The fourth-order valence-corrected chi connectivity index (χ4v) is 2.90. The van der Waals surface area contributed by atoms with Gasteiger partial charge in [0.2, 0.25) is 0 Å². The van der Waals surface area contributed by atoms with Gasteiger partial charge in [-0.25, -0.2) is 0 Å². The van der Waals surface area contributed by atoms with E-state index in [4.69, 9.17) is 0 Å². The standard InChI is InChI=1S/C17H22N4O2/c22-15(9-19-17(23)16-5-7-18-12-20-16)11-21-8-6-13-3-1-2-4-14(13)10-21/h1-5,7,15,20,22H,6,8-12H2,(H,19,23). The van der Waals surface area contributed by atoms with E-state index in [2.05, 4.69) is 38.7 Å². The molecule has 0 spiro atoms. The number of carbonyl (C=O) groups is 1. The Kier molecular flexibility index (Phi) is 5.05. The lowest BCUT2D eigenvalue weighted by atomic mass is 10.00. The Morgan fingerprint density at radius 3 is 3.00 bits per heavy atom. The van der Waals surface area contributed by atoms with Crippen LogP contribution in [-0.2, 0) is 17.8 Å². The van der Waals surface area contributed by atoms with Crippen LogP contribution >= 0.6 is 0 Å². The van der Waals surface area contributed by atoms with Gasteiger partial charge < -0.3 is 15.7 Å². The second-order valence-electron chi connectivity index (χ2n) is 5.86. The van der Waals surface area contributed by atoms with Crippen molar-refractivity contribution in [3.05, 3.63) is 47.2 Å². The van der Waals surface area contributed by atoms with Crippen molar-refractivity contribution in [2.24, 2.45) is 4.99 Å². The summed E-state index contributed by atoms with van der Waals surface area (Å²) in [6.45, 7) is 3.00. The molecule has 0 radical (unpaired) electrons. The number of β-amino-alcohol motifs (C(OH)–C–C–N with tert-alkyl or cyclic N) is 1. The first-order valence-corrected chi connectivity index (χ1v) is 7.92. The summed E-state index contributed by atoms with van der Waals surface area (Å²) in [7, 11) is 0. The molecule has 6 heteroatoms. The largest absolute Gasteiger partial charge is 0.390 e. The molecule has 1 aromatic carbocycles. The highest BCUT2D eigenvalue weighted by molar-refractivity contribution is 5.97. The normalized spacial score (nSPS) is 18.6. The van der Waals surface area contributed by atoms with Gasteiger partial charge in [0.25, 0.3) is 5.91 Å². The van der Waals surface area contributed by atoms with E-state index in [-0.39, 0.29) is 12.5 Å². The number of fused-ring (bicyclic) bond motifs is 1. The van der Waals surface area contributed by atoms with Crippen LogP contribution in [0, 0.1) is 0 Å². The first-order chi connectivity index (χ1) is 11.2. The topological polar surface area (TPSA) is 77.0 Å². The van der Waals surface area contributed by atoms with Gasteiger partial charge in [0, 0.05) is 32.4 Å². The third-order valence-corrected chi connectivity index (χ3v) is 4.13. The molecular weight excluding hydrogens is 292 g/mol. The van der Waals surface area contributed by atoms with Crippen molar-refractivity contribution in [3.8, 4) is 0 Å². The number of benzene rings is 1. The number of allylic oxidation sites excluding steroid dienone is 1. The number of carbonyl (C=O) groups excluding carboxylic acids is 1. The Morgan fingerprint density at radius 2 is 2.22 bits per heavy atom. The Bertz CT molecular complexity index is 627. The minimum atomic E-state index is -0.581. The van der Waals surface area contributed by atoms with Gasteiger partial charge in [0.15, 0.2) is 0 Å². The van der Waals surface area contributed by atoms with E-state index in [0.29, 0.717) is 18.9 Å². The van der Waals surface area contributed by atoms with E-state index in [1.54, 1.807) is 12.3 Å². The number of nitrogens with one attached hydrogen (secondary N) is 2. The molecule has 3 N–H and O–H groups in total. The number of aliphatic hydroxyl groups excluding tert-OH is 1. The number of nitrogens with zero attached hydrogens (tertiary/aromatic N) is 2. The van der Waals surface area contributed by atoms with Crippen LogP contribution in [0.25, 0.3) is 0 Å². The molecular formula is C17H22N4O2. The summed E-state index contributed by atoms with van der Waals surface area (Å²) in [6, 6.07) is 8.42. The van der Waals surface area contributed by atoms with Gasteiger partial charge in [-0.3, -0.25) is 14.7 Å². The van der Waals surface area contributed by atoms with Crippen LogP contribution in [0.15, 0.2) is 41.0 Å². The minimum Gasteiger partial charge on any atom is -0.390 e. The molecule has 0 bridgehead atoms. The molecule has 23 heavy (non-hydrogen) atoms. The number of aliphatic imine (C=N–C) groups is 1. The lowest BCUT2D eigenvalue weighted by molar-refractivity contribution is -0.118. The lowest BCUT2D eigenvalue weighted by Crippen LogP contribution is -2.43. The summed E-state index contributed by atoms with van der Waals surface area (Å²) < 4.78 is 0. The molecule has 2 heterocycles.